The highest BCUT2D eigenvalue weighted by atomic mass is 32.8. The highest BCUT2D eigenvalue weighted by Crippen LogP contribution is 1.77. The fourth-order valence-electron chi connectivity index (χ4n) is 0.166. The van der Waals surface area contributed by atoms with E-state index in [1.54, 1.807) is 0 Å². The van der Waals surface area contributed by atoms with Crippen LogP contribution in [0.15, 0.2) is 0 Å². The Bertz CT molecular complexity index is 93.5. The largest absolute Gasteiger partial charge is 0.344 e. The Hall–Kier alpha value is 0.290. The topological polar surface area (TPSA) is 61.3 Å². The van der Waals surface area contributed by atoms with Crippen LogP contribution in [0.5, 0.6) is 0 Å². The molecule has 0 aromatic heterocycles. The second-order valence-corrected chi connectivity index (χ2v) is 2.66. The number of rotatable bonds is 3. The van der Waals surface area contributed by atoms with Crippen molar-refractivity contribution in [1.29, 1.82) is 0 Å². The molecule has 0 aliphatic heterocycles. The zero-order valence-corrected chi connectivity index (χ0v) is 6.50. The fraction of sp³-hybridized carbons (Fsp3) is 1.00. The molecule has 0 amide bonds. The van der Waals surface area contributed by atoms with Gasteiger partial charge in [-0.05, 0) is 6.42 Å². The standard InChI is InChI=1S/C3H8O2S2.H3N/c1-2-3-5-7(4)6;/h7H,2-3H2,1H3;1H3. The minimum atomic E-state index is -1.77. The van der Waals surface area contributed by atoms with Gasteiger partial charge in [-0.1, -0.05) is 6.92 Å². The summed E-state index contributed by atoms with van der Waals surface area (Å²) in [5, 5.41) is 0. The molecule has 0 aromatic rings. The zero-order valence-electron chi connectivity index (χ0n) is 4.79. The Morgan fingerprint density at radius 3 is 2.38 bits per heavy atom. The van der Waals surface area contributed by atoms with Crippen LogP contribution in [0.4, 0.5) is 0 Å². The molecule has 0 aliphatic rings. The normalized spacial score (nSPS) is 12.1. The summed E-state index contributed by atoms with van der Waals surface area (Å²) in [6.07, 6.45) is 0.873. The molecule has 0 bridgehead atoms. The number of thiol groups is 1. The molecule has 0 spiro atoms. The fourth-order valence-corrected chi connectivity index (χ4v) is 0.721. The van der Waals surface area contributed by atoms with Crippen LogP contribution >= 0.6 is 0 Å². The summed E-state index contributed by atoms with van der Waals surface area (Å²) in [5.74, 6) is 0. The first-order chi connectivity index (χ1) is 3.27. The van der Waals surface area contributed by atoms with Crippen LogP contribution in [0.2, 0.25) is 0 Å². The maximum atomic E-state index is 9.94. The van der Waals surface area contributed by atoms with Crippen molar-refractivity contribution >= 4 is 20.8 Å². The second-order valence-electron chi connectivity index (χ2n) is 1.06. The Labute approximate surface area is 55.9 Å². The van der Waals surface area contributed by atoms with E-state index in [0.29, 0.717) is 6.61 Å². The van der Waals surface area contributed by atoms with E-state index in [4.69, 9.17) is 0 Å². The van der Waals surface area contributed by atoms with Crippen molar-refractivity contribution in [3.05, 3.63) is 0 Å². The Balaban J connectivity index is 0. The van der Waals surface area contributed by atoms with Crippen molar-refractivity contribution in [1.82, 2.24) is 6.15 Å². The van der Waals surface area contributed by atoms with E-state index in [1.807, 2.05) is 6.92 Å². The SMILES string of the molecule is CCCO[SH](=O)=S.N. The molecule has 0 aromatic carbocycles. The van der Waals surface area contributed by atoms with Crippen molar-refractivity contribution in [3.8, 4) is 0 Å². The molecule has 0 radical (unpaired) electrons. The van der Waals surface area contributed by atoms with Crippen molar-refractivity contribution in [2.75, 3.05) is 6.61 Å². The van der Waals surface area contributed by atoms with Crippen LogP contribution in [0.1, 0.15) is 13.3 Å². The van der Waals surface area contributed by atoms with Gasteiger partial charge in [-0.3, -0.25) is 4.18 Å². The maximum absolute atomic E-state index is 9.94. The number of hydrogen-bond acceptors (Lipinski definition) is 4. The molecule has 0 fully saturated rings. The molecule has 0 heterocycles. The van der Waals surface area contributed by atoms with Gasteiger partial charge >= 0.3 is 0 Å². The van der Waals surface area contributed by atoms with E-state index < -0.39 is 9.64 Å². The minimum Gasteiger partial charge on any atom is -0.344 e. The van der Waals surface area contributed by atoms with Gasteiger partial charge in [0.2, 0.25) is 0 Å². The first kappa shape index (κ1) is 11.1. The molecular formula is C3H11NO2S2. The minimum absolute atomic E-state index is 0. The molecule has 0 rings (SSSR count). The van der Waals surface area contributed by atoms with Gasteiger partial charge in [0.15, 0.2) is 0 Å². The lowest BCUT2D eigenvalue weighted by Crippen LogP contribution is -1.86. The summed E-state index contributed by atoms with van der Waals surface area (Å²) in [6.45, 7) is 2.45. The van der Waals surface area contributed by atoms with E-state index in [-0.39, 0.29) is 6.15 Å². The van der Waals surface area contributed by atoms with Crippen LogP contribution in [-0.4, -0.2) is 10.8 Å². The predicted molar refractivity (Wildman–Crippen MR) is 38.2 cm³/mol. The average molecular weight is 157 g/mol. The summed E-state index contributed by atoms with van der Waals surface area (Å²) in [7, 11) is -1.77. The lowest BCUT2D eigenvalue weighted by Gasteiger charge is -1.86. The molecule has 1 atom stereocenters. The van der Waals surface area contributed by atoms with Crippen molar-refractivity contribution in [2.45, 2.75) is 13.3 Å². The van der Waals surface area contributed by atoms with Crippen molar-refractivity contribution in [2.24, 2.45) is 0 Å². The molecule has 52 valence electrons. The van der Waals surface area contributed by atoms with Gasteiger partial charge in [0.05, 0.1) is 6.61 Å². The summed E-state index contributed by atoms with van der Waals surface area (Å²) in [4.78, 5) is 0. The van der Waals surface area contributed by atoms with E-state index in [0.717, 1.165) is 6.42 Å². The van der Waals surface area contributed by atoms with Gasteiger partial charge in [0.1, 0.15) is 9.64 Å². The van der Waals surface area contributed by atoms with Gasteiger partial charge in [-0.25, -0.2) is 4.21 Å². The second kappa shape index (κ2) is 7.29. The third kappa shape index (κ3) is 9.56. The smallest absolute Gasteiger partial charge is 0.133 e. The summed E-state index contributed by atoms with van der Waals surface area (Å²) < 4.78 is 14.5. The van der Waals surface area contributed by atoms with E-state index in [2.05, 4.69) is 15.4 Å². The summed E-state index contributed by atoms with van der Waals surface area (Å²) >= 11 is 4.23. The average Bonchev–Trinajstić information content (AvgIpc) is 1.61. The van der Waals surface area contributed by atoms with Crippen LogP contribution in [-0.2, 0) is 25.0 Å². The van der Waals surface area contributed by atoms with E-state index in [1.165, 1.54) is 0 Å². The van der Waals surface area contributed by atoms with Crippen LogP contribution in [0.25, 0.3) is 0 Å². The lowest BCUT2D eigenvalue weighted by molar-refractivity contribution is 0.357. The van der Waals surface area contributed by atoms with E-state index in [9.17, 15) is 4.21 Å². The van der Waals surface area contributed by atoms with E-state index >= 15 is 0 Å². The molecule has 5 heteroatoms. The molecule has 3 nitrogen and oxygen atoms in total. The Morgan fingerprint density at radius 2 is 2.25 bits per heavy atom. The molecule has 0 saturated heterocycles. The molecule has 1 unspecified atom stereocenters. The maximum Gasteiger partial charge on any atom is 0.133 e. The van der Waals surface area contributed by atoms with Crippen molar-refractivity contribution < 1.29 is 8.39 Å². The molecule has 0 aliphatic carbocycles. The van der Waals surface area contributed by atoms with Crippen molar-refractivity contribution in [3.63, 3.8) is 0 Å². The van der Waals surface area contributed by atoms with Gasteiger partial charge in [-0.2, -0.15) is 0 Å². The van der Waals surface area contributed by atoms with Crippen LogP contribution < -0.4 is 6.15 Å². The third-order valence-corrected chi connectivity index (χ3v) is 1.11. The monoisotopic (exact) mass is 157 g/mol. The van der Waals surface area contributed by atoms with Gasteiger partial charge in [0, 0.05) is 11.2 Å². The third-order valence-electron chi connectivity index (χ3n) is 0.401. The highest BCUT2D eigenvalue weighted by Gasteiger charge is 1.76. The molecular weight excluding hydrogens is 146 g/mol. The Kier molecular flexibility index (Phi) is 10.1. The van der Waals surface area contributed by atoms with Crippen LogP contribution in [0, 0.1) is 0 Å². The van der Waals surface area contributed by atoms with Crippen LogP contribution in [0.3, 0.4) is 0 Å². The molecule has 8 heavy (non-hydrogen) atoms. The molecule has 0 saturated carbocycles. The van der Waals surface area contributed by atoms with Gasteiger partial charge in [0.25, 0.3) is 0 Å². The predicted octanol–water partition coefficient (Wildman–Crippen LogP) is 0.433. The summed E-state index contributed by atoms with van der Waals surface area (Å²) in [5.41, 5.74) is 0. The first-order valence-electron chi connectivity index (χ1n) is 2.04. The molecule has 3 N–H and O–H groups in total. The van der Waals surface area contributed by atoms with Gasteiger partial charge < -0.3 is 6.15 Å². The Morgan fingerprint density at radius 1 is 1.75 bits per heavy atom. The van der Waals surface area contributed by atoms with Gasteiger partial charge in [-0.15, -0.1) is 0 Å². The lowest BCUT2D eigenvalue weighted by atomic mass is 10.5. The highest BCUT2D eigenvalue weighted by molar-refractivity contribution is 8.19. The quantitative estimate of drug-likeness (QED) is 0.583. The number of hydrogen-bond donors (Lipinski definition) is 2. The summed E-state index contributed by atoms with van der Waals surface area (Å²) in [6, 6.07) is 0. The zero-order chi connectivity index (χ0) is 5.70. The first-order valence-corrected chi connectivity index (χ1v) is 4.23.